The fraction of sp³-hybridized carbons (Fsp3) is 0.714. The summed E-state index contributed by atoms with van der Waals surface area (Å²) in [7, 11) is 0. The third-order valence-corrected chi connectivity index (χ3v) is 5.08. The molecule has 1 fully saturated rings. The first kappa shape index (κ1) is 15.9. The van der Waals surface area contributed by atoms with Gasteiger partial charge in [0.05, 0.1) is 5.69 Å². The Bertz CT molecular complexity index is 458. The van der Waals surface area contributed by atoms with Gasteiger partial charge in [0.2, 0.25) is 0 Å². The predicted molar refractivity (Wildman–Crippen MR) is 87.7 cm³/mol. The van der Waals surface area contributed by atoms with Crippen LogP contribution >= 0.6 is 23.5 Å². The van der Waals surface area contributed by atoms with Crippen LogP contribution in [0.2, 0.25) is 0 Å². The van der Waals surface area contributed by atoms with E-state index < -0.39 is 0 Å². The van der Waals surface area contributed by atoms with Gasteiger partial charge in [0.15, 0.2) is 5.16 Å². The molecule has 2 heterocycles. The van der Waals surface area contributed by atoms with Crippen molar-refractivity contribution in [2.45, 2.75) is 37.1 Å². The smallest absolute Gasteiger partial charge is 0.251 e. The molecule has 0 radical (unpaired) electrons. The van der Waals surface area contributed by atoms with Crippen LogP contribution in [-0.2, 0) is 5.75 Å². The average Bonchev–Trinajstić information content (AvgIpc) is 2.46. The lowest BCUT2D eigenvalue weighted by Gasteiger charge is -2.25. The number of piperidine rings is 1. The van der Waals surface area contributed by atoms with E-state index in [1.54, 1.807) is 29.6 Å². The normalized spacial score (nSPS) is 16.4. The molecular weight excluding hydrogens is 290 g/mol. The van der Waals surface area contributed by atoms with Crippen LogP contribution < -0.4 is 5.56 Å². The van der Waals surface area contributed by atoms with Crippen LogP contribution in [0.3, 0.4) is 0 Å². The molecule has 0 bridgehead atoms. The second-order valence-corrected chi connectivity index (χ2v) is 7.29. The maximum atomic E-state index is 11.6. The molecule has 0 aromatic carbocycles. The van der Waals surface area contributed by atoms with Gasteiger partial charge in [-0.05, 0) is 31.7 Å². The third-order valence-electron chi connectivity index (χ3n) is 3.32. The molecule has 1 N–H and O–H groups in total. The van der Waals surface area contributed by atoms with Gasteiger partial charge in [-0.15, -0.1) is 0 Å². The van der Waals surface area contributed by atoms with Gasteiger partial charge >= 0.3 is 0 Å². The molecule has 0 saturated carbocycles. The van der Waals surface area contributed by atoms with E-state index in [1.807, 2.05) is 0 Å². The summed E-state index contributed by atoms with van der Waals surface area (Å²) in [5.74, 6) is 2.86. The summed E-state index contributed by atoms with van der Waals surface area (Å²) in [4.78, 5) is 21.5. The van der Waals surface area contributed by atoms with Crippen molar-refractivity contribution in [2.75, 3.05) is 31.1 Å². The molecule has 1 saturated heterocycles. The van der Waals surface area contributed by atoms with Crippen molar-refractivity contribution in [3.8, 4) is 0 Å². The van der Waals surface area contributed by atoms with Crippen LogP contribution in [0.4, 0.5) is 0 Å². The second kappa shape index (κ2) is 8.74. The molecule has 20 heavy (non-hydrogen) atoms. The highest BCUT2D eigenvalue weighted by Crippen LogP contribution is 2.15. The van der Waals surface area contributed by atoms with Crippen LogP contribution in [0.1, 0.15) is 31.9 Å². The Morgan fingerprint density at radius 2 is 2.15 bits per heavy atom. The van der Waals surface area contributed by atoms with Crippen molar-refractivity contribution in [1.82, 2.24) is 14.9 Å². The number of aromatic amines is 1. The summed E-state index contributed by atoms with van der Waals surface area (Å²) in [6.07, 6.45) is 4.02. The minimum atomic E-state index is -0.0350. The SMILES string of the molecule is CCSCc1cc(=O)[nH]c(SCCN2CCCCC2)n1. The third kappa shape index (κ3) is 5.50. The fourth-order valence-corrected chi connectivity index (χ4v) is 3.75. The van der Waals surface area contributed by atoms with Crippen molar-refractivity contribution in [1.29, 1.82) is 0 Å². The highest BCUT2D eigenvalue weighted by atomic mass is 32.2. The largest absolute Gasteiger partial charge is 0.303 e. The number of hydrogen-bond acceptors (Lipinski definition) is 5. The van der Waals surface area contributed by atoms with Crippen molar-refractivity contribution in [3.63, 3.8) is 0 Å². The summed E-state index contributed by atoms with van der Waals surface area (Å²) < 4.78 is 0. The van der Waals surface area contributed by atoms with Crippen LogP contribution in [0, 0.1) is 0 Å². The number of hydrogen-bond donors (Lipinski definition) is 1. The number of nitrogens with zero attached hydrogens (tertiary/aromatic N) is 2. The molecule has 0 spiro atoms. The molecule has 6 heteroatoms. The summed E-state index contributed by atoms with van der Waals surface area (Å²) >= 11 is 3.45. The van der Waals surface area contributed by atoms with Gasteiger partial charge in [0, 0.05) is 24.1 Å². The summed E-state index contributed by atoms with van der Waals surface area (Å²) in [6, 6.07) is 1.61. The zero-order chi connectivity index (χ0) is 14.2. The maximum Gasteiger partial charge on any atom is 0.251 e. The highest BCUT2D eigenvalue weighted by molar-refractivity contribution is 7.99. The van der Waals surface area contributed by atoms with Gasteiger partial charge in [-0.25, -0.2) is 4.98 Å². The van der Waals surface area contributed by atoms with E-state index in [9.17, 15) is 4.79 Å². The molecule has 4 nitrogen and oxygen atoms in total. The number of aromatic nitrogens is 2. The average molecular weight is 313 g/mol. The Hall–Kier alpha value is -0.460. The molecule has 1 aromatic rings. The first-order chi connectivity index (χ1) is 9.78. The lowest BCUT2D eigenvalue weighted by atomic mass is 10.1. The van der Waals surface area contributed by atoms with E-state index in [2.05, 4.69) is 21.8 Å². The van der Waals surface area contributed by atoms with E-state index >= 15 is 0 Å². The lowest BCUT2D eigenvalue weighted by Crippen LogP contribution is -2.31. The zero-order valence-corrected chi connectivity index (χ0v) is 13.7. The zero-order valence-electron chi connectivity index (χ0n) is 12.1. The number of rotatable bonds is 7. The minimum absolute atomic E-state index is 0.0350. The van der Waals surface area contributed by atoms with Crippen molar-refractivity contribution in [2.24, 2.45) is 0 Å². The minimum Gasteiger partial charge on any atom is -0.303 e. The molecular formula is C14H23N3OS2. The monoisotopic (exact) mass is 313 g/mol. The van der Waals surface area contributed by atoms with Gasteiger partial charge in [-0.3, -0.25) is 4.79 Å². The first-order valence-electron chi connectivity index (χ1n) is 7.31. The fourth-order valence-electron chi connectivity index (χ4n) is 2.29. The van der Waals surface area contributed by atoms with E-state index in [1.165, 1.54) is 32.4 Å². The standard InChI is InChI=1S/C14H23N3OS2/c1-2-19-11-12-10-13(18)16-14(15-12)20-9-8-17-6-4-3-5-7-17/h10H,2-9,11H2,1H3,(H,15,16,18). The maximum absolute atomic E-state index is 11.6. The Morgan fingerprint density at radius 3 is 2.90 bits per heavy atom. The number of thioether (sulfide) groups is 2. The Kier molecular flexibility index (Phi) is 6.96. The summed E-state index contributed by atoms with van der Waals surface area (Å²) in [6.45, 7) is 5.64. The summed E-state index contributed by atoms with van der Waals surface area (Å²) in [5.41, 5.74) is 0.855. The Balaban J connectivity index is 1.82. The Morgan fingerprint density at radius 1 is 1.35 bits per heavy atom. The van der Waals surface area contributed by atoms with Crippen molar-refractivity contribution < 1.29 is 0 Å². The van der Waals surface area contributed by atoms with E-state index in [-0.39, 0.29) is 5.56 Å². The number of H-pyrrole nitrogens is 1. The van der Waals surface area contributed by atoms with Crippen molar-refractivity contribution in [3.05, 3.63) is 22.1 Å². The molecule has 0 atom stereocenters. The quantitative estimate of drug-likeness (QED) is 0.619. The summed E-state index contributed by atoms with van der Waals surface area (Å²) in [5, 5.41) is 0.765. The topological polar surface area (TPSA) is 49.0 Å². The molecule has 0 unspecified atom stereocenters. The molecule has 2 rings (SSSR count). The van der Waals surface area contributed by atoms with Gasteiger partial charge in [0.1, 0.15) is 0 Å². The molecule has 1 aliphatic rings. The van der Waals surface area contributed by atoms with Gasteiger partial charge in [-0.1, -0.05) is 25.1 Å². The first-order valence-corrected chi connectivity index (χ1v) is 9.45. The van der Waals surface area contributed by atoms with E-state index in [4.69, 9.17) is 0 Å². The van der Waals surface area contributed by atoms with Gasteiger partial charge < -0.3 is 9.88 Å². The highest BCUT2D eigenvalue weighted by Gasteiger charge is 2.10. The van der Waals surface area contributed by atoms with Gasteiger partial charge in [-0.2, -0.15) is 11.8 Å². The second-order valence-electron chi connectivity index (χ2n) is 4.93. The molecule has 1 aromatic heterocycles. The van der Waals surface area contributed by atoms with Crippen LogP contribution in [-0.4, -0.2) is 46.0 Å². The molecule has 112 valence electrons. The Labute approximate surface area is 129 Å². The predicted octanol–water partition coefficient (Wildman–Crippen LogP) is 2.60. The van der Waals surface area contributed by atoms with Crippen LogP contribution in [0.15, 0.2) is 16.0 Å². The number of likely N-dealkylation sites (tertiary alicyclic amines) is 1. The van der Waals surface area contributed by atoms with Gasteiger partial charge in [0.25, 0.3) is 5.56 Å². The van der Waals surface area contributed by atoms with Crippen molar-refractivity contribution >= 4 is 23.5 Å². The number of nitrogens with one attached hydrogen (secondary N) is 1. The molecule has 0 aliphatic carbocycles. The molecule has 0 amide bonds. The molecule has 1 aliphatic heterocycles. The van der Waals surface area contributed by atoms with Crippen LogP contribution in [0.5, 0.6) is 0 Å². The lowest BCUT2D eigenvalue weighted by molar-refractivity contribution is 0.242. The van der Waals surface area contributed by atoms with E-state index in [0.717, 1.165) is 34.7 Å². The van der Waals surface area contributed by atoms with Crippen LogP contribution in [0.25, 0.3) is 0 Å². The van der Waals surface area contributed by atoms with E-state index in [0.29, 0.717) is 0 Å².